The lowest BCUT2D eigenvalue weighted by atomic mass is 10.1. The van der Waals surface area contributed by atoms with Gasteiger partial charge >= 0.3 is 5.97 Å². The zero-order valence-corrected chi connectivity index (χ0v) is 12.1. The molecule has 7 nitrogen and oxygen atoms in total. The largest absolute Gasteiger partial charge is 0.493 e. The highest BCUT2D eigenvalue weighted by Crippen LogP contribution is 2.28. The van der Waals surface area contributed by atoms with Crippen molar-refractivity contribution in [2.75, 3.05) is 26.8 Å². The van der Waals surface area contributed by atoms with Crippen molar-refractivity contribution in [2.45, 2.75) is 6.42 Å². The fourth-order valence-electron chi connectivity index (χ4n) is 2.28. The van der Waals surface area contributed by atoms with Gasteiger partial charge in [0.05, 0.1) is 24.7 Å². The Hall–Kier alpha value is -2.75. The Morgan fingerprint density at radius 1 is 1.45 bits per heavy atom. The van der Waals surface area contributed by atoms with Gasteiger partial charge in [-0.25, -0.2) is 0 Å². The zero-order valence-electron chi connectivity index (χ0n) is 12.1. The molecular formula is C15H16N2O5. The molecule has 1 unspecified atom stereocenters. The van der Waals surface area contributed by atoms with Crippen molar-refractivity contribution in [2.24, 2.45) is 5.92 Å². The van der Waals surface area contributed by atoms with Gasteiger partial charge in [0.15, 0.2) is 18.1 Å². The number of nitriles is 1. The van der Waals surface area contributed by atoms with Crippen LogP contribution < -0.4 is 9.47 Å². The van der Waals surface area contributed by atoms with Crippen LogP contribution in [-0.4, -0.2) is 48.7 Å². The van der Waals surface area contributed by atoms with Crippen LogP contribution >= 0.6 is 0 Å². The SMILES string of the molecule is COc1cc(C#N)ccc1OCC(=O)N1CCC(C(=O)O)C1. The second-order valence-electron chi connectivity index (χ2n) is 4.93. The average molecular weight is 304 g/mol. The quantitative estimate of drug-likeness (QED) is 0.866. The molecule has 1 heterocycles. The summed E-state index contributed by atoms with van der Waals surface area (Å²) in [4.78, 5) is 24.4. The topological polar surface area (TPSA) is 99.9 Å². The van der Waals surface area contributed by atoms with Crippen molar-refractivity contribution < 1.29 is 24.2 Å². The number of likely N-dealkylation sites (tertiary alicyclic amines) is 1. The van der Waals surface area contributed by atoms with Gasteiger partial charge in [0.25, 0.3) is 5.91 Å². The Balaban J connectivity index is 1.95. The van der Waals surface area contributed by atoms with E-state index in [1.54, 1.807) is 12.1 Å². The van der Waals surface area contributed by atoms with Crippen LogP contribution in [0.5, 0.6) is 11.5 Å². The Morgan fingerprint density at radius 2 is 2.23 bits per heavy atom. The van der Waals surface area contributed by atoms with E-state index >= 15 is 0 Å². The number of amides is 1. The molecule has 1 amide bonds. The molecule has 0 bridgehead atoms. The molecule has 7 heteroatoms. The molecule has 1 saturated heterocycles. The van der Waals surface area contributed by atoms with E-state index in [-0.39, 0.29) is 19.1 Å². The minimum Gasteiger partial charge on any atom is -0.493 e. The van der Waals surface area contributed by atoms with Gasteiger partial charge in [-0.3, -0.25) is 9.59 Å². The summed E-state index contributed by atoms with van der Waals surface area (Å²) in [5, 5.41) is 17.8. The normalized spacial score (nSPS) is 16.9. The number of carbonyl (C=O) groups excluding carboxylic acids is 1. The highest BCUT2D eigenvalue weighted by Gasteiger charge is 2.30. The number of rotatable bonds is 5. The molecule has 0 saturated carbocycles. The minimum absolute atomic E-state index is 0.200. The van der Waals surface area contributed by atoms with E-state index in [0.29, 0.717) is 30.0 Å². The first-order chi connectivity index (χ1) is 10.5. The lowest BCUT2D eigenvalue weighted by Crippen LogP contribution is -2.33. The van der Waals surface area contributed by atoms with Crippen molar-refractivity contribution in [1.82, 2.24) is 4.90 Å². The first kappa shape index (κ1) is 15.6. The van der Waals surface area contributed by atoms with E-state index in [4.69, 9.17) is 19.8 Å². The van der Waals surface area contributed by atoms with Crippen molar-refractivity contribution in [3.05, 3.63) is 23.8 Å². The number of methoxy groups -OCH3 is 1. The monoisotopic (exact) mass is 304 g/mol. The summed E-state index contributed by atoms with van der Waals surface area (Å²) in [6, 6.07) is 6.64. The molecule has 116 valence electrons. The molecule has 1 atom stereocenters. The van der Waals surface area contributed by atoms with Crippen LogP contribution in [0, 0.1) is 17.2 Å². The highest BCUT2D eigenvalue weighted by atomic mass is 16.5. The summed E-state index contributed by atoms with van der Waals surface area (Å²) in [6.45, 7) is 0.431. The van der Waals surface area contributed by atoms with Crippen LogP contribution in [0.25, 0.3) is 0 Å². The number of hydrogen-bond acceptors (Lipinski definition) is 5. The highest BCUT2D eigenvalue weighted by molar-refractivity contribution is 5.80. The summed E-state index contributed by atoms with van der Waals surface area (Å²) in [6.07, 6.45) is 0.460. The lowest BCUT2D eigenvalue weighted by Gasteiger charge is -2.17. The lowest BCUT2D eigenvalue weighted by molar-refractivity contribution is -0.141. The number of hydrogen-bond donors (Lipinski definition) is 1. The summed E-state index contributed by atoms with van der Waals surface area (Å²) < 4.78 is 10.5. The summed E-state index contributed by atoms with van der Waals surface area (Å²) >= 11 is 0. The minimum atomic E-state index is -0.884. The van der Waals surface area contributed by atoms with E-state index in [9.17, 15) is 9.59 Å². The number of ether oxygens (including phenoxy) is 2. The molecule has 0 spiro atoms. The van der Waals surface area contributed by atoms with E-state index < -0.39 is 11.9 Å². The molecule has 1 aromatic carbocycles. The van der Waals surface area contributed by atoms with Gasteiger partial charge in [0.1, 0.15) is 0 Å². The Bertz CT molecular complexity index is 623. The molecule has 1 N–H and O–H groups in total. The molecule has 1 fully saturated rings. The van der Waals surface area contributed by atoms with Crippen LogP contribution in [0.1, 0.15) is 12.0 Å². The molecule has 1 aromatic rings. The maximum Gasteiger partial charge on any atom is 0.308 e. The van der Waals surface area contributed by atoms with Crippen LogP contribution in [0.15, 0.2) is 18.2 Å². The Kier molecular flexibility index (Phi) is 4.84. The summed E-state index contributed by atoms with van der Waals surface area (Å²) in [5.74, 6) is -0.922. The van der Waals surface area contributed by atoms with E-state index in [1.807, 2.05) is 6.07 Å². The molecular weight excluding hydrogens is 288 g/mol. The number of aliphatic carboxylic acids is 1. The van der Waals surface area contributed by atoms with Crippen LogP contribution in [0.3, 0.4) is 0 Å². The third-order valence-corrected chi connectivity index (χ3v) is 3.53. The standard InChI is InChI=1S/C15H16N2O5/c1-21-13-6-10(7-16)2-3-12(13)22-9-14(18)17-5-4-11(8-17)15(19)20/h2-3,6,11H,4-5,8-9H2,1H3,(H,19,20). The molecule has 1 aliphatic rings. The number of carbonyl (C=O) groups is 2. The molecule has 22 heavy (non-hydrogen) atoms. The fraction of sp³-hybridized carbons (Fsp3) is 0.400. The number of carboxylic acid groups (broad SMARTS) is 1. The van der Waals surface area contributed by atoms with Crippen molar-refractivity contribution in [3.8, 4) is 17.6 Å². The smallest absolute Gasteiger partial charge is 0.308 e. The van der Waals surface area contributed by atoms with Crippen molar-refractivity contribution in [3.63, 3.8) is 0 Å². The predicted octanol–water partition coefficient (Wildman–Crippen LogP) is 0.879. The van der Waals surface area contributed by atoms with Crippen LogP contribution in [-0.2, 0) is 9.59 Å². The second kappa shape index (κ2) is 6.80. The average Bonchev–Trinajstić information content (AvgIpc) is 3.02. The Labute approximate surface area is 127 Å². The third-order valence-electron chi connectivity index (χ3n) is 3.53. The van der Waals surface area contributed by atoms with E-state index in [0.717, 1.165) is 0 Å². The zero-order chi connectivity index (χ0) is 16.1. The number of carboxylic acids is 1. The first-order valence-corrected chi connectivity index (χ1v) is 6.76. The summed E-state index contributed by atoms with van der Waals surface area (Å²) in [5.41, 5.74) is 0.430. The van der Waals surface area contributed by atoms with Gasteiger partial charge in [-0.05, 0) is 18.6 Å². The second-order valence-corrected chi connectivity index (χ2v) is 4.93. The fourth-order valence-corrected chi connectivity index (χ4v) is 2.28. The van der Waals surface area contributed by atoms with Gasteiger partial charge in [-0.1, -0.05) is 0 Å². The van der Waals surface area contributed by atoms with Gasteiger partial charge in [-0.2, -0.15) is 5.26 Å². The number of nitrogens with zero attached hydrogens (tertiary/aromatic N) is 2. The summed E-state index contributed by atoms with van der Waals surface area (Å²) in [7, 11) is 1.45. The van der Waals surface area contributed by atoms with E-state index in [1.165, 1.54) is 18.1 Å². The van der Waals surface area contributed by atoms with Gasteiger partial charge in [-0.15, -0.1) is 0 Å². The third kappa shape index (κ3) is 3.47. The Morgan fingerprint density at radius 3 is 2.82 bits per heavy atom. The maximum absolute atomic E-state index is 12.0. The predicted molar refractivity (Wildman–Crippen MR) is 75.5 cm³/mol. The number of benzene rings is 1. The van der Waals surface area contributed by atoms with Crippen molar-refractivity contribution >= 4 is 11.9 Å². The molecule has 0 radical (unpaired) electrons. The molecule has 0 aliphatic carbocycles. The molecule has 0 aromatic heterocycles. The van der Waals surface area contributed by atoms with Gasteiger partial charge < -0.3 is 19.5 Å². The van der Waals surface area contributed by atoms with Crippen LogP contribution in [0.2, 0.25) is 0 Å². The van der Waals surface area contributed by atoms with Crippen molar-refractivity contribution in [1.29, 1.82) is 5.26 Å². The van der Waals surface area contributed by atoms with E-state index in [2.05, 4.69) is 0 Å². The first-order valence-electron chi connectivity index (χ1n) is 6.76. The van der Waals surface area contributed by atoms with Gasteiger partial charge in [0, 0.05) is 19.2 Å². The van der Waals surface area contributed by atoms with Crippen LogP contribution in [0.4, 0.5) is 0 Å². The molecule has 1 aliphatic heterocycles. The maximum atomic E-state index is 12.0. The molecule has 2 rings (SSSR count). The van der Waals surface area contributed by atoms with Gasteiger partial charge in [0.2, 0.25) is 0 Å².